The third-order valence-electron chi connectivity index (χ3n) is 4.68. The van der Waals surface area contributed by atoms with Crippen molar-refractivity contribution in [2.75, 3.05) is 26.0 Å². The van der Waals surface area contributed by atoms with Crippen molar-refractivity contribution in [2.45, 2.75) is 44.9 Å². The van der Waals surface area contributed by atoms with E-state index in [-0.39, 0.29) is 19.4 Å². The smallest absolute Gasteiger partial charge is 0.327 e. The van der Waals surface area contributed by atoms with E-state index >= 15 is 0 Å². The van der Waals surface area contributed by atoms with Crippen LogP contribution in [0.5, 0.6) is 0 Å². The van der Waals surface area contributed by atoms with E-state index < -0.39 is 20.6 Å². The first-order valence-electron chi connectivity index (χ1n) is 7.81. The summed E-state index contributed by atoms with van der Waals surface area (Å²) >= 11 is 0. The van der Waals surface area contributed by atoms with Crippen LogP contribution >= 0.6 is 0 Å². The van der Waals surface area contributed by atoms with E-state index in [2.05, 4.69) is 15.1 Å². The molecular weight excluding hydrogens is 318 g/mol. The lowest BCUT2D eigenvalue weighted by Gasteiger charge is -2.38. The zero-order valence-corrected chi connectivity index (χ0v) is 15.0. The van der Waals surface area contributed by atoms with Crippen LogP contribution < -0.4 is 0 Å². The number of nitrogens with zero attached hydrogens (tertiary/aromatic N) is 2. The minimum absolute atomic E-state index is 0.188. The molecule has 0 aromatic carbocycles. The van der Waals surface area contributed by atoms with Crippen LogP contribution in [0.1, 0.15) is 36.7 Å². The maximum atomic E-state index is 12.3. The van der Waals surface area contributed by atoms with Gasteiger partial charge in [0.2, 0.25) is 0 Å². The average molecular weight is 343 g/mol. The number of ether oxygens (including phenoxy) is 1. The van der Waals surface area contributed by atoms with Gasteiger partial charge in [0.15, 0.2) is 14.6 Å². The first-order chi connectivity index (χ1) is 10.7. The molecule has 1 aromatic rings. The van der Waals surface area contributed by atoms with Crippen molar-refractivity contribution in [3.05, 3.63) is 17.0 Å². The van der Waals surface area contributed by atoms with Gasteiger partial charge in [0.25, 0.3) is 0 Å². The summed E-state index contributed by atoms with van der Waals surface area (Å²) in [4.78, 5) is 14.4. The second-order valence-corrected chi connectivity index (χ2v) is 8.50. The number of H-pyrrole nitrogens is 1. The van der Waals surface area contributed by atoms with Gasteiger partial charge in [-0.1, -0.05) is 0 Å². The van der Waals surface area contributed by atoms with Gasteiger partial charge >= 0.3 is 5.97 Å². The molecule has 0 unspecified atom stereocenters. The summed E-state index contributed by atoms with van der Waals surface area (Å²) in [7, 11) is -3.53. The molecule has 1 saturated heterocycles. The van der Waals surface area contributed by atoms with E-state index in [1.54, 1.807) is 6.92 Å². The number of rotatable bonds is 5. The van der Waals surface area contributed by atoms with E-state index in [1.807, 2.05) is 13.8 Å². The first-order valence-corrected chi connectivity index (χ1v) is 9.70. The fourth-order valence-corrected chi connectivity index (χ4v) is 4.38. The highest BCUT2D eigenvalue weighted by molar-refractivity contribution is 7.92. The van der Waals surface area contributed by atoms with Crippen molar-refractivity contribution in [1.29, 1.82) is 0 Å². The van der Waals surface area contributed by atoms with E-state index in [1.165, 1.54) is 0 Å². The fraction of sp³-hybridized carbons (Fsp3) is 0.733. The number of hydrogen-bond acceptors (Lipinski definition) is 6. The van der Waals surface area contributed by atoms with Crippen molar-refractivity contribution in [1.82, 2.24) is 15.1 Å². The minimum atomic E-state index is -3.53. The molecule has 2 heterocycles. The molecule has 0 atom stereocenters. The molecule has 23 heavy (non-hydrogen) atoms. The molecule has 1 aliphatic rings. The maximum absolute atomic E-state index is 12.3. The number of esters is 1. The van der Waals surface area contributed by atoms with Crippen molar-refractivity contribution >= 4 is 15.8 Å². The third kappa shape index (κ3) is 3.42. The van der Waals surface area contributed by atoms with Crippen LogP contribution in [0.2, 0.25) is 0 Å². The first kappa shape index (κ1) is 17.9. The summed E-state index contributed by atoms with van der Waals surface area (Å²) in [6.45, 7) is 7.57. The molecule has 0 saturated carbocycles. The molecule has 1 aliphatic heterocycles. The van der Waals surface area contributed by atoms with Gasteiger partial charge in [0.05, 0.1) is 12.3 Å². The van der Waals surface area contributed by atoms with Crippen molar-refractivity contribution in [2.24, 2.45) is 0 Å². The molecule has 0 spiro atoms. The standard InChI is InChI=1S/C15H25N3O4S/c1-5-22-14(19)15(23(4,20)21)6-8-18(9-7-15)10-13-11(2)16-17-12(13)3/h5-10H2,1-4H3,(H,16,17). The maximum Gasteiger partial charge on any atom is 0.327 e. The van der Waals surface area contributed by atoms with E-state index in [0.717, 1.165) is 23.2 Å². The van der Waals surface area contributed by atoms with Crippen molar-refractivity contribution < 1.29 is 17.9 Å². The lowest BCUT2D eigenvalue weighted by molar-refractivity contribution is -0.147. The van der Waals surface area contributed by atoms with Crippen molar-refractivity contribution in [3.8, 4) is 0 Å². The molecule has 1 N–H and O–H groups in total. The molecular formula is C15H25N3O4S. The number of aryl methyl sites for hydroxylation is 2. The molecule has 1 fully saturated rings. The van der Waals surface area contributed by atoms with Gasteiger partial charge in [0, 0.05) is 37.1 Å². The molecule has 0 amide bonds. The Morgan fingerprint density at radius 3 is 2.39 bits per heavy atom. The summed E-state index contributed by atoms with van der Waals surface area (Å²) in [5.74, 6) is -0.613. The van der Waals surface area contributed by atoms with E-state index in [9.17, 15) is 13.2 Å². The van der Waals surface area contributed by atoms with Crippen LogP contribution in [-0.4, -0.2) is 60.2 Å². The topological polar surface area (TPSA) is 92.4 Å². The number of piperidine rings is 1. The number of nitrogens with one attached hydrogen (secondary N) is 1. The number of sulfone groups is 1. The lowest BCUT2D eigenvalue weighted by Crippen LogP contribution is -2.54. The Morgan fingerprint density at radius 1 is 1.35 bits per heavy atom. The predicted octanol–water partition coefficient (Wildman–Crippen LogP) is 0.969. The number of carbonyl (C=O) groups excluding carboxylic acids is 1. The molecule has 0 bridgehead atoms. The average Bonchev–Trinajstić information content (AvgIpc) is 2.79. The van der Waals surface area contributed by atoms with Gasteiger partial charge in [-0.2, -0.15) is 5.10 Å². The SMILES string of the molecule is CCOC(=O)C1(S(C)(=O)=O)CCN(Cc2c(C)n[nH]c2C)CC1. The fourth-order valence-electron chi connectivity index (χ4n) is 3.09. The largest absolute Gasteiger partial charge is 0.465 e. The number of carbonyl (C=O) groups is 1. The molecule has 0 aliphatic carbocycles. The van der Waals surface area contributed by atoms with E-state index in [4.69, 9.17) is 4.74 Å². The number of hydrogen-bond donors (Lipinski definition) is 1. The molecule has 1 aromatic heterocycles. The summed E-state index contributed by atoms with van der Waals surface area (Å²) in [6, 6.07) is 0. The number of aromatic amines is 1. The quantitative estimate of drug-likeness (QED) is 0.801. The highest BCUT2D eigenvalue weighted by atomic mass is 32.2. The van der Waals surface area contributed by atoms with Gasteiger partial charge in [-0.05, 0) is 33.6 Å². The second kappa shape index (κ2) is 6.60. The van der Waals surface area contributed by atoms with Crippen LogP contribution in [0.4, 0.5) is 0 Å². The Bertz CT molecular complexity index is 653. The van der Waals surface area contributed by atoms with Gasteiger partial charge in [-0.3, -0.25) is 14.8 Å². The highest BCUT2D eigenvalue weighted by Crippen LogP contribution is 2.32. The minimum Gasteiger partial charge on any atom is -0.465 e. The third-order valence-corrected chi connectivity index (χ3v) is 6.68. The Labute approximate surface area is 137 Å². The van der Waals surface area contributed by atoms with Crippen LogP contribution in [0, 0.1) is 13.8 Å². The molecule has 0 radical (unpaired) electrons. The second-order valence-electron chi connectivity index (χ2n) is 6.18. The normalized spacial score (nSPS) is 18.8. The van der Waals surface area contributed by atoms with Gasteiger partial charge in [-0.15, -0.1) is 0 Å². The van der Waals surface area contributed by atoms with Crippen LogP contribution in [0.3, 0.4) is 0 Å². The Balaban J connectivity index is 2.12. The van der Waals surface area contributed by atoms with Gasteiger partial charge in [0.1, 0.15) is 0 Å². The molecule has 130 valence electrons. The summed E-state index contributed by atoms with van der Waals surface area (Å²) < 4.78 is 28.1. The highest BCUT2D eigenvalue weighted by Gasteiger charge is 2.51. The zero-order valence-electron chi connectivity index (χ0n) is 14.2. The number of aromatic nitrogens is 2. The Kier molecular flexibility index (Phi) is 5.15. The summed E-state index contributed by atoms with van der Waals surface area (Å²) in [5, 5.41) is 7.14. The zero-order chi connectivity index (χ0) is 17.3. The summed E-state index contributed by atoms with van der Waals surface area (Å²) in [5.41, 5.74) is 3.11. The van der Waals surface area contributed by atoms with Crippen LogP contribution in [0.25, 0.3) is 0 Å². The summed E-state index contributed by atoms with van der Waals surface area (Å²) in [6.07, 6.45) is 1.66. The van der Waals surface area contributed by atoms with Crippen LogP contribution in [0.15, 0.2) is 0 Å². The van der Waals surface area contributed by atoms with Crippen molar-refractivity contribution in [3.63, 3.8) is 0 Å². The molecule has 8 heteroatoms. The predicted molar refractivity (Wildman–Crippen MR) is 86.8 cm³/mol. The van der Waals surface area contributed by atoms with E-state index in [0.29, 0.717) is 19.6 Å². The monoisotopic (exact) mass is 343 g/mol. The molecule has 2 rings (SSSR count). The Hall–Kier alpha value is -1.41. The Morgan fingerprint density at radius 2 is 1.96 bits per heavy atom. The van der Waals surface area contributed by atoms with Gasteiger partial charge in [-0.25, -0.2) is 8.42 Å². The lowest BCUT2D eigenvalue weighted by atomic mass is 9.95. The van der Waals surface area contributed by atoms with Gasteiger partial charge < -0.3 is 4.74 Å². The van der Waals surface area contributed by atoms with Crippen LogP contribution in [-0.2, 0) is 25.9 Å². The molecule has 7 nitrogen and oxygen atoms in total. The number of likely N-dealkylation sites (tertiary alicyclic amines) is 1.